The molecule has 0 spiro atoms. The monoisotopic (exact) mass is 330 g/mol. The molecule has 0 aromatic heterocycles. The van der Waals surface area contributed by atoms with E-state index in [-0.39, 0.29) is 18.5 Å². The molecular weight excluding hydrogens is 304 g/mol. The lowest BCUT2D eigenvalue weighted by Gasteiger charge is -2.27. The molecule has 130 valence electrons. The highest BCUT2D eigenvalue weighted by Crippen LogP contribution is 2.35. The average Bonchev–Trinajstić information content (AvgIpc) is 3.25. The zero-order valence-corrected chi connectivity index (χ0v) is 14.0. The number of carboxylic acid groups (broad SMARTS) is 1. The quantitative estimate of drug-likeness (QED) is 0.841. The fourth-order valence-corrected chi connectivity index (χ4v) is 4.12. The van der Waals surface area contributed by atoms with Crippen molar-refractivity contribution in [1.82, 2.24) is 10.2 Å². The molecule has 1 amide bonds. The number of likely N-dealkylation sites (tertiary alicyclic amines) is 1. The third-order valence-electron chi connectivity index (χ3n) is 5.34. The predicted octanol–water partition coefficient (Wildman–Crippen LogP) is 2.58. The number of hydrogen-bond acceptors (Lipinski definition) is 3. The van der Waals surface area contributed by atoms with Gasteiger partial charge in [0, 0.05) is 0 Å². The molecule has 24 heavy (non-hydrogen) atoms. The smallest absolute Gasteiger partial charge is 0.320 e. The molecule has 2 aliphatic rings. The lowest BCUT2D eigenvalue weighted by molar-refractivity contribution is -0.142. The summed E-state index contributed by atoms with van der Waals surface area (Å²) < 4.78 is 0. The summed E-state index contributed by atoms with van der Waals surface area (Å²) in [4.78, 5) is 25.6. The van der Waals surface area contributed by atoms with Crippen molar-refractivity contribution in [1.29, 1.82) is 0 Å². The molecular formula is C19H26N2O3. The highest BCUT2D eigenvalue weighted by molar-refractivity contribution is 5.80. The van der Waals surface area contributed by atoms with Crippen LogP contribution in [0.15, 0.2) is 30.3 Å². The maximum absolute atomic E-state index is 12.6. The molecule has 5 nitrogen and oxygen atoms in total. The van der Waals surface area contributed by atoms with Gasteiger partial charge in [-0.3, -0.25) is 14.5 Å². The molecule has 1 aromatic carbocycles. The zero-order valence-electron chi connectivity index (χ0n) is 14.0. The van der Waals surface area contributed by atoms with Gasteiger partial charge in [-0.1, -0.05) is 43.2 Å². The van der Waals surface area contributed by atoms with Gasteiger partial charge >= 0.3 is 5.97 Å². The van der Waals surface area contributed by atoms with E-state index in [0.29, 0.717) is 18.9 Å². The van der Waals surface area contributed by atoms with Crippen LogP contribution in [0.3, 0.4) is 0 Å². The van der Waals surface area contributed by atoms with Crippen molar-refractivity contribution in [3.63, 3.8) is 0 Å². The van der Waals surface area contributed by atoms with E-state index >= 15 is 0 Å². The molecule has 3 rings (SSSR count). The van der Waals surface area contributed by atoms with Gasteiger partial charge in [-0.2, -0.15) is 0 Å². The van der Waals surface area contributed by atoms with E-state index < -0.39 is 12.0 Å². The molecule has 1 aliphatic heterocycles. The van der Waals surface area contributed by atoms with Crippen LogP contribution in [0.4, 0.5) is 0 Å². The van der Waals surface area contributed by atoms with Crippen molar-refractivity contribution in [3.8, 4) is 0 Å². The number of amides is 1. The summed E-state index contributed by atoms with van der Waals surface area (Å²) in [6.45, 7) is 0.858. The number of nitrogens with one attached hydrogen (secondary N) is 1. The van der Waals surface area contributed by atoms with Crippen molar-refractivity contribution in [2.75, 3.05) is 13.1 Å². The zero-order chi connectivity index (χ0) is 16.9. The Hall–Kier alpha value is -1.88. The normalized spacial score (nSPS) is 23.2. The highest BCUT2D eigenvalue weighted by Gasteiger charge is 2.33. The molecule has 2 N–H and O–H groups in total. The standard InChI is InChI=1S/C19H26N2O3/c22-17(13-21-12-6-11-16(21)19(23)24)20-18(15-9-4-5-10-15)14-7-2-1-3-8-14/h1-3,7-8,15-16,18H,4-6,9-13H2,(H,20,22)(H,23,24)/t16-,18+/m0/s1. The maximum Gasteiger partial charge on any atom is 0.320 e. The first-order valence-corrected chi connectivity index (χ1v) is 8.96. The van der Waals surface area contributed by atoms with Gasteiger partial charge < -0.3 is 10.4 Å². The highest BCUT2D eigenvalue weighted by atomic mass is 16.4. The molecule has 0 unspecified atom stereocenters. The van der Waals surface area contributed by atoms with Crippen molar-refractivity contribution in [2.24, 2.45) is 5.92 Å². The molecule has 0 bridgehead atoms. The number of carboxylic acids is 1. The molecule has 1 saturated heterocycles. The summed E-state index contributed by atoms with van der Waals surface area (Å²) in [7, 11) is 0. The molecule has 1 aromatic rings. The van der Waals surface area contributed by atoms with Crippen molar-refractivity contribution >= 4 is 11.9 Å². The van der Waals surface area contributed by atoms with E-state index in [1.54, 1.807) is 4.90 Å². The minimum absolute atomic E-state index is 0.0343. The number of rotatable bonds is 6. The largest absolute Gasteiger partial charge is 0.480 e. The molecule has 5 heteroatoms. The summed E-state index contributed by atoms with van der Waals surface area (Å²) in [6, 6.07) is 9.65. The fourth-order valence-electron chi connectivity index (χ4n) is 4.12. The van der Waals surface area contributed by atoms with Gasteiger partial charge in [-0.25, -0.2) is 0 Å². The Kier molecular flexibility index (Phi) is 5.51. The Bertz CT molecular complexity index is 569. The van der Waals surface area contributed by atoms with Crippen LogP contribution in [0.5, 0.6) is 0 Å². The summed E-state index contributed by atoms with van der Waals surface area (Å²) in [6.07, 6.45) is 6.19. The van der Waals surface area contributed by atoms with Crippen LogP contribution >= 0.6 is 0 Å². The molecule has 0 radical (unpaired) electrons. The second-order valence-electron chi connectivity index (χ2n) is 6.97. The van der Waals surface area contributed by atoms with Crippen LogP contribution in [-0.4, -0.2) is 41.0 Å². The average molecular weight is 330 g/mol. The van der Waals surface area contributed by atoms with Crippen molar-refractivity contribution in [3.05, 3.63) is 35.9 Å². The number of benzene rings is 1. The second-order valence-corrected chi connectivity index (χ2v) is 6.97. The van der Waals surface area contributed by atoms with E-state index in [1.807, 2.05) is 18.2 Å². The fraction of sp³-hybridized carbons (Fsp3) is 0.579. The molecule has 2 fully saturated rings. The number of hydrogen-bond donors (Lipinski definition) is 2. The van der Waals surface area contributed by atoms with Gasteiger partial charge in [0.15, 0.2) is 0 Å². The van der Waals surface area contributed by atoms with E-state index in [1.165, 1.54) is 12.8 Å². The number of carbonyl (C=O) groups excluding carboxylic acids is 1. The number of nitrogens with zero attached hydrogens (tertiary/aromatic N) is 1. The Morgan fingerprint density at radius 3 is 2.50 bits per heavy atom. The van der Waals surface area contributed by atoms with Crippen molar-refractivity contribution in [2.45, 2.75) is 50.6 Å². The van der Waals surface area contributed by atoms with Gasteiger partial charge in [-0.05, 0) is 43.7 Å². The Morgan fingerprint density at radius 1 is 1.12 bits per heavy atom. The first kappa shape index (κ1) is 17.0. The van der Waals surface area contributed by atoms with E-state index in [2.05, 4.69) is 17.4 Å². The summed E-state index contributed by atoms with van der Waals surface area (Å²) >= 11 is 0. The predicted molar refractivity (Wildman–Crippen MR) is 91.5 cm³/mol. The first-order chi connectivity index (χ1) is 11.6. The topological polar surface area (TPSA) is 69.6 Å². The molecule has 1 saturated carbocycles. The third-order valence-corrected chi connectivity index (χ3v) is 5.34. The van der Waals surface area contributed by atoms with E-state index in [9.17, 15) is 14.7 Å². The minimum atomic E-state index is -0.823. The second kappa shape index (κ2) is 7.79. The molecule has 2 atom stereocenters. The van der Waals surface area contributed by atoms with Gasteiger partial charge in [0.25, 0.3) is 0 Å². The van der Waals surface area contributed by atoms with E-state index in [4.69, 9.17) is 0 Å². The van der Waals surface area contributed by atoms with Gasteiger partial charge in [0.2, 0.25) is 5.91 Å². The lowest BCUT2D eigenvalue weighted by Crippen LogP contribution is -2.44. The van der Waals surface area contributed by atoms with Crippen LogP contribution in [0.2, 0.25) is 0 Å². The van der Waals surface area contributed by atoms with Crippen LogP contribution in [0.25, 0.3) is 0 Å². The molecule has 1 aliphatic carbocycles. The van der Waals surface area contributed by atoms with Crippen LogP contribution in [-0.2, 0) is 9.59 Å². The third kappa shape index (κ3) is 3.96. The summed E-state index contributed by atoms with van der Waals surface area (Å²) in [5.41, 5.74) is 1.15. The van der Waals surface area contributed by atoms with Crippen LogP contribution in [0, 0.1) is 5.92 Å². The summed E-state index contributed by atoms with van der Waals surface area (Å²) in [5, 5.41) is 12.4. The lowest BCUT2D eigenvalue weighted by atomic mass is 9.91. The summed E-state index contributed by atoms with van der Waals surface area (Å²) in [5.74, 6) is -0.412. The van der Waals surface area contributed by atoms with Gasteiger partial charge in [-0.15, -0.1) is 0 Å². The minimum Gasteiger partial charge on any atom is -0.480 e. The Balaban J connectivity index is 1.66. The van der Waals surface area contributed by atoms with Gasteiger partial charge in [0.1, 0.15) is 6.04 Å². The van der Waals surface area contributed by atoms with Gasteiger partial charge in [0.05, 0.1) is 12.6 Å². The van der Waals surface area contributed by atoms with E-state index in [0.717, 1.165) is 24.8 Å². The Labute approximate surface area is 143 Å². The number of carbonyl (C=O) groups is 2. The maximum atomic E-state index is 12.6. The first-order valence-electron chi connectivity index (χ1n) is 8.96. The SMILES string of the molecule is O=C(CN1CCC[C@H]1C(=O)O)N[C@H](c1ccccc1)C1CCCC1. The number of aliphatic carboxylic acids is 1. The van der Waals surface area contributed by atoms with Crippen LogP contribution < -0.4 is 5.32 Å². The molecule has 1 heterocycles. The van der Waals surface area contributed by atoms with Crippen LogP contribution in [0.1, 0.15) is 50.1 Å². The van der Waals surface area contributed by atoms with Crippen molar-refractivity contribution < 1.29 is 14.7 Å². The Morgan fingerprint density at radius 2 is 1.83 bits per heavy atom.